The second kappa shape index (κ2) is 11.7. The molecule has 0 aliphatic carbocycles. The number of hydrazone groups is 1. The fourth-order valence-corrected chi connectivity index (χ4v) is 4.52. The Morgan fingerprint density at radius 3 is 2.42 bits per heavy atom. The zero-order valence-electron chi connectivity index (χ0n) is 20.6. The van der Waals surface area contributed by atoms with Gasteiger partial charge in [0.05, 0.1) is 30.1 Å². The highest BCUT2D eigenvalue weighted by molar-refractivity contribution is 9.10. The van der Waals surface area contributed by atoms with Crippen molar-refractivity contribution < 1.29 is 14.3 Å². The zero-order chi connectivity index (χ0) is 26.3. The Morgan fingerprint density at radius 1 is 0.947 bits per heavy atom. The highest BCUT2D eigenvalue weighted by Crippen LogP contribution is 2.34. The molecule has 0 aliphatic rings. The Kier molecular flexibility index (Phi) is 7.75. The van der Waals surface area contributed by atoms with Gasteiger partial charge in [0.1, 0.15) is 6.61 Å². The summed E-state index contributed by atoms with van der Waals surface area (Å²) in [6.07, 6.45) is 1.55. The molecule has 1 heterocycles. The van der Waals surface area contributed by atoms with Crippen LogP contribution in [0.1, 0.15) is 21.5 Å². The number of carbonyl (C=O) groups is 1. The molecule has 5 aromatic rings. The van der Waals surface area contributed by atoms with Gasteiger partial charge in [-0.15, -0.1) is 0 Å². The van der Waals surface area contributed by atoms with Crippen molar-refractivity contribution in [2.24, 2.45) is 5.10 Å². The molecule has 0 saturated heterocycles. The summed E-state index contributed by atoms with van der Waals surface area (Å²) in [5.74, 6) is 0.736. The molecular weight excluding hydrogens is 542 g/mol. The van der Waals surface area contributed by atoms with Gasteiger partial charge in [0.25, 0.3) is 5.91 Å². The van der Waals surface area contributed by atoms with Gasteiger partial charge in [-0.2, -0.15) is 5.10 Å². The van der Waals surface area contributed by atoms with E-state index in [2.05, 4.69) is 26.5 Å². The van der Waals surface area contributed by atoms with E-state index in [0.29, 0.717) is 34.9 Å². The van der Waals surface area contributed by atoms with Crippen molar-refractivity contribution in [3.05, 3.63) is 124 Å². The Morgan fingerprint density at radius 2 is 1.66 bits per heavy atom. The van der Waals surface area contributed by atoms with E-state index in [4.69, 9.17) is 14.5 Å². The molecule has 0 fully saturated rings. The molecule has 0 unspecified atom stereocenters. The molecule has 0 bridgehead atoms. The van der Waals surface area contributed by atoms with Gasteiger partial charge in [0.15, 0.2) is 11.5 Å². The summed E-state index contributed by atoms with van der Waals surface area (Å²) in [7, 11) is 1.58. The lowest BCUT2D eigenvalue weighted by molar-refractivity contribution is 0.0956. The number of nitrogens with one attached hydrogen (secondary N) is 1. The van der Waals surface area contributed by atoms with Gasteiger partial charge in [-0.05, 0) is 29.8 Å². The van der Waals surface area contributed by atoms with Gasteiger partial charge >= 0.3 is 0 Å². The van der Waals surface area contributed by atoms with E-state index in [9.17, 15) is 4.79 Å². The largest absolute Gasteiger partial charge is 0.493 e. The number of halogens is 1. The molecule has 4 aromatic carbocycles. The number of hydrogen-bond donors (Lipinski definition) is 1. The standard InChI is InChI=1S/C31H24BrN3O3/c1-37-29-17-24(32)16-23(30(29)38-20-21-10-4-2-5-11-21)19-33-35-31(36)26-18-28(22-12-6-3-7-13-22)34-27-15-9-8-14-25(26)27/h2-19H,20H2,1H3,(H,35,36)/b33-19-. The minimum Gasteiger partial charge on any atom is -0.493 e. The molecule has 188 valence electrons. The van der Waals surface area contributed by atoms with Crippen LogP contribution >= 0.6 is 15.9 Å². The Hall–Kier alpha value is -4.49. The first kappa shape index (κ1) is 25.2. The molecule has 0 spiro atoms. The van der Waals surface area contributed by atoms with Crippen molar-refractivity contribution >= 4 is 39.0 Å². The van der Waals surface area contributed by atoms with Crippen LogP contribution in [-0.4, -0.2) is 24.2 Å². The third-order valence-corrected chi connectivity index (χ3v) is 6.35. The SMILES string of the molecule is COc1cc(Br)cc(/C=N\NC(=O)c2cc(-c3ccccc3)nc3ccccc23)c1OCc1ccccc1. The molecule has 5 rings (SSSR count). The number of para-hydroxylation sites is 1. The van der Waals surface area contributed by atoms with Gasteiger partial charge in [-0.1, -0.05) is 94.8 Å². The summed E-state index contributed by atoms with van der Waals surface area (Å²) in [6, 6.07) is 32.7. The molecule has 1 amide bonds. The van der Waals surface area contributed by atoms with Crippen LogP contribution < -0.4 is 14.9 Å². The van der Waals surface area contributed by atoms with E-state index in [1.54, 1.807) is 19.4 Å². The third kappa shape index (κ3) is 5.74. The second-order valence-electron chi connectivity index (χ2n) is 8.44. The van der Waals surface area contributed by atoms with Gasteiger partial charge in [0, 0.05) is 21.0 Å². The number of pyridine rings is 1. The number of amides is 1. The zero-order valence-corrected chi connectivity index (χ0v) is 22.2. The first-order chi connectivity index (χ1) is 18.6. The Labute approximate surface area is 229 Å². The van der Waals surface area contributed by atoms with Crippen LogP contribution in [0.25, 0.3) is 22.2 Å². The lowest BCUT2D eigenvalue weighted by Gasteiger charge is -2.14. The van der Waals surface area contributed by atoms with Crippen LogP contribution in [0.2, 0.25) is 0 Å². The van der Waals surface area contributed by atoms with Gasteiger partial charge in [-0.25, -0.2) is 10.4 Å². The molecule has 0 atom stereocenters. The maximum Gasteiger partial charge on any atom is 0.272 e. The molecule has 38 heavy (non-hydrogen) atoms. The average Bonchev–Trinajstić information content (AvgIpc) is 2.96. The number of methoxy groups -OCH3 is 1. The summed E-state index contributed by atoms with van der Waals surface area (Å²) >= 11 is 3.51. The maximum atomic E-state index is 13.3. The number of carbonyl (C=O) groups excluding carboxylic acids is 1. The topological polar surface area (TPSA) is 72.8 Å². The van der Waals surface area contributed by atoms with Crippen LogP contribution in [0.5, 0.6) is 11.5 Å². The van der Waals surface area contributed by atoms with Crippen molar-refractivity contribution in [1.29, 1.82) is 0 Å². The quantitative estimate of drug-likeness (QED) is 0.162. The van der Waals surface area contributed by atoms with Crippen LogP contribution in [0.4, 0.5) is 0 Å². The Balaban J connectivity index is 1.42. The van der Waals surface area contributed by atoms with Gasteiger partial charge in [-0.3, -0.25) is 4.79 Å². The minimum atomic E-state index is -0.342. The van der Waals surface area contributed by atoms with Crippen molar-refractivity contribution in [3.8, 4) is 22.8 Å². The minimum absolute atomic E-state index is 0.342. The van der Waals surface area contributed by atoms with Gasteiger partial charge in [0.2, 0.25) is 0 Å². The second-order valence-corrected chi connectivity index (χ2v) is 9.35. The number of fused-ring (bicyclic) bond motifs is 1. The number of ether oxygens (including phenoxy) is 2. The summed E-state index contributed by atoms with van der Waals surface area (Å²) < 4.78 is 12.4. The summed E-state index contributed by atoms with van der Waals surface area (Å²) in [6.45, 7) is 0.358. The first-order valence-corrected chi connectivity index (χ1v) is 12.7. The highest BCUT2D eigenvalue weighted by Gasteiger charge is 2.15. The summed E-state index contributed by atoms with van der Waals surface area (Å²) in [4.78, 5) is 18.0. The van der Waals surface area contributed by atoms with E-state index in [1.165, 1.54) is 0 Å². The number of hydrogen-bond acceptors (Lipinski definition) is 5. The summed E-state index contributed by atoms with van der Waals surface area (Å²) in [5.41, 5.74) is 7.20. The van der Waals surface area contributed by atoms with Crippen LogP contribution in [0.15, 0.2) is 113 Å². The molecule has 0 aliphatic heterocycles. The number of aromatic nitrogens is 1. The first-order valence-electron chi connectivity index (χ1n) is 12.0. The fraction of sp³-hybridized carbons (Fsp3) is 0.0645. The highest BCUT2D eigenvalue weighted by atomic mass is 79.9. The van der Waals surface area contributed by atoms with E-state index < -0.39 is 0 Å². The fourth-order valence-electron chi connectivity index (χ4n) is 4.06. The molecule has 1 N–H and O–H groups in total. The molecule has 6 nitrogen and oxygen atoms in total. The smallest absolute Gasteiger partial charge is 0.272 e. The van der Waals surface area contributed by atoms with E-state index in [1.807, 2.05) is 97.1 Å². The molecular formula is C31H24BrN3O3. The van der Waals surface area contributed by atoms with E-state index >= 15 is 0 Å². The molecule has 0 radical (unpaired) electrons. The van der Waals surface area contributed by atoms with Crippen LogP contribution in [0.3, 0.4) is 0 Å². The van der Waals surface area contributed by atoms with Crippen molar-refractivity contribution in [1.82, 2.24) is 10.4 Å². The number of nitrogens with zero attached hydrogens (tertiary/aromatic N) is 2. The molecule has 1 aromatic heterocycles. The normalized spacial score (nSPS) is 11.0. The van der Waals surface area contributed by atoms with Crippen LogP contribution in [-0.2, 0) is 6.61 Å². The monoisotopic (exact) mass is 565 g/mol. The number of rotatable bonds is 8. The third-order valence-electron chi connectivity index (χ3n) is 5.89. The van der Waals surface area contributed by atoms with Gasteiger partial charge < -0.3 is 9.47 Å². The average molecular weight is 566 g/mol. The van der Waals surface area contributed by atoms with Crippen molar-refractivity contribution in [2.45, 2.75) is 6.61 Å². The van der Waals surface area contributed by atoms with E-state index in [-0.39, 0.29) is 5.91 Å². The lowest BCUT2D eigenvalue weighted by atomic mass is 10.0. The molecule has 7 heteroatoms. The maximum absolute atomic E-state index is 13.3. The van der Waals surface area contributed by atoms with E-state index in [0.717, 1.165) is 26.5 Å². The predicted octanol–water partition coefficient (Wildman–Crippen LogP) is 7.02. The predicted molar refractivity (Wildman–Crippen MR) is 154 cm³/mol. The lowest BCUT2D eigenvalue weighted by Crippen LogP contribution is -2.18. The van der Waals surface area contributed by atoms with Crippen molar-refractivity contribution in [2.75, 3.05) is 7.11 Å². The van der Waals surface area contributed by atoms with Crippen molar-refractivity contribution in [3.63, 3.8) is 0 Å². The van der Waals surface area contributed by atoms with Crippen LogP contribution in [0, 0.1) is 0 Å². The number of benzene rings is 4. The molecule has 0 saturated carbocycles. The summed E-state index contributed by atoms with van der Waals surface area (Å²) in [5, 5.41) is 5.00. The Bertz CT molecular complexity index is 1610.